The first-order valence-corrected chi connectivity index (χ1v) is 8.99. The first-order valence-electron chi connectivity index (χ1n) is 5.82. The molecule has 1 aliphatic rings. The first-order chi connectivity index (χ1) is 9.86. The lowest BCUT2D eigenvalue weighted by Crippen LogP contribution is -2.41. The summed E-state index contributed by atoms with van der Waals surface area (Å²) in [5.74, 6) is -1.51. The van der Waals surface area contributed by atoms with Gasteiger partial charge in [0.25, 0.3) is 5.91 Å². The van der Waals surface area contributed by atoms with Crippen LogP contribution in [-0.4, -0.2) is 48.2 Å². The number of benzene rings is 1. The average molecular weight is 551 g/mol. The minimum Gasteiger partial charge on any atom is -0.478 e. The number of morpholine rings is 1. The van der Waals surface area contributed by atoms with Crippen LogP contribution in [0.4, 0.5) is 0 Å². The molecule has 1 aromatic rings. The van der Waals surface area contributed by atoms with Gasteiger partial charge in [-0.2, -0.15) is 0 Å². The molecular weight excluding hydrogens is 542 g/mol. The van der Waals surface area contributed by atoms with E-state index < -0.39 is 5.97 Å². The van der Waals surface area contributed by atoms with Gasteiger partial charge in [-0.05, 0) is 63.7 Å². The number of ether oxygens (including phenoxy) is 1. The Labute approximate surface area is 154 Å². The Bertz CT molecular complexity index is 614. The molecule has 1 heterocycles. The van der Waals surface area contributed by atoms with Gasteiger partial charge < -0.3 is 14.7 Å². The van der Waals surface area contributed by atoms with Crippen molar-refractivity contribution in [1.29, 1.82) is 0 Å². The normalized spacial score (nSPS) is 15.1. The molecule has 114 valence electrons. The van der Waals surface area contributed by atoms with E-state index >= 15 is 0 Å². The van der Waals surface area contributed by atoms with Crippen LogP contribution >= 0.6 is 63.7 Å². The smallest absolute Gasteiger partial charge is 0.337 e. The van der Waals surface area contributed by atoms with Crippen molar-refractivity contribution in [3.63, 3.8) is 0 Å². The zero-order valence-corrected chi connectivity index (χ0v) is 16.8. The van der Waals surface area contributed by atoms with Gasteiger partial charge >= 0.3 is 5.97 Å². The van der Waals surface area contributed by atoms with Crippen LogP contribution in [0.15, 0.2) is 17.9 Å². The third-order valence-corrected chi connectivity index (χ3v) is 7.76. The maximum absolute atomic E-state index is 12.7. The lowest BCUT2D eigenvalue weighted by atomic mass is 10.1. The van der Waals surface area contributed by atoms with Crippen molar-refractivity contribution in [2.75, 3.05) is 26.3 Å². The van der Waals surface area contributed by atoms with E-state index in [4.69, 9.17) is 4.74 Å². The number of carbonyl (C=O) groups excluding carboxylic acids is 1. The van der Waals surface area contributed by atoms with Crippen LogP contribution in [0.5, 0.6) is 0 Å². The first kappa shape index (κ1) is 17.4. The summed E-state index contributed by atoms with van der Waals surface area (Å²) in [6, 6.07) is 0. The molecule has 9 heteroatoms. The standard InChI is InChI=1S/C12H9Br4NO4/c13-7-5(11(18)17-1-3-21-4-2-17)6(12(19)20)8(14)10(16)9(7)15/h1-4H2,(H,19,20). The maximum Gasteiger partial charge on any atom is 0.337 e. The van der Waals surface area contributed by atoms with Gasteiger partial charge in [0.2, 0.25) is 0 Å². The van der Waals surface area contributed by atoms with E-state index in [2.05, 4.69) is 63.7 Å². The summed E-state index contributed by atoms with van der Waals surface area (Å²) >= 11 is 13.2. The molecule has 1 N–H and O–H groups in total. The number of hydrogen-bond acceptors (Lipinski definition) is 3. The summed E-state index contributed by atoms with van der Waals surface area (Å²) in [6.07, 6.45) is 0. The highest BCUT2D eigenvalue weighted by Gasteiger charge is 2.30. The van der Waals surface area contributed by atoms with Gasteiger partial charge in [0, 0.05) is 31.0 Å². The summed E-state index contributed by atoms with van der Waals surface area (Å²) in [6.45, 7) is 1.78. The van der Waals surface area contributed by atoms with Crippen LogP contribution in [0.25, 0.3) is 0 Å². The van der Waals surface area contributed by atoms with E-state index in [9.17, 15) is 14.7 Å². The number of halogens is 4. The predicted molar refractivity (Wildman–Crippen MR) is 90.9 cm³/mol. The highest BCUT2D eigenvalue weighted by Crippen LogP contribution is 2.42. The molecule has 1 fully saturated rings. The number of amides is 1. The van der Waals surface area contributed by atoms with Crippen molar-refractivity contribution in [3.8, 4) is 0 Å². The molecule has 1 amide bonds. The summed E-state index contributed by atoms with van der Waals surface area (Å²) in [5, 5.41) is 9.45. The molecular formula is C12H9Br4NO4. The molecule has 5 nitrogen and oxygen atoms in total. The molecule has 0 radical (unpaired) electrons. The third kappa shape index (κ3) is 3.36. The van der Waals surface area contributed by atoms with Gasteiger partial charge in [-0.15, -0.1) is 0 Å². The summed E-state index contributed by atoms with van der Waals surface area (Å²) < 4.78 is 7.05. The molecule has 0 saturated carbocycles. The van der Waals surface area contributed by atoms with Crippen molar-refractivity contribution < 1.29 is 19.4 Å². The lowest BCUT2D eigenvalue weighted by Gasteiger charge is -2.28. The number of hydrogen-bond donors (Lipinski definition) is 1. The molecule has 0 unspecified atom stereocenters. The highest BCUT2D eigenvalue weighted by atomic mass is 79.9. The molecule has 21 heavy (non-hydrogen) atoms. The number of carboxylic acids is 1. The van der Waals surface area contributed by atoms with E-state index in [1.807, 2.05) is 0 Å². The second kappa shape index (κ2) is 7.08. The molecule has 0 aliphatic carbocycles. The van der Waals surface area contributed by atoms with E-state index in [1.54, 1.807) is 4.90 Å². The van der Waals surface area contributed by atoms with Crippen LogP contribution in [-0.2, 0) is 4.74 Å². The summed E-state index contributed by atoms with van der Waals surface area (Å²) in [5.41, 5.74) is 0.0415. The van der Waals surface area contributed by atoms with Crippen molar-refractivity contribution in [3.05, 3.63) is 29.0 Å². The number of carbonyl (C=O) groups is 2. The fraction of sp³-hybridized carbons (Fsp3) is 0.333. The highest BCUT2D eigenvalue weighted by molar-refractivity contribution is 9.15. The Morgan fingerprint density at radius 2 is 1.38 bits per heavy atom. The zero-order valence-electron chi connectivity index (χ0n) is 10.5. The van der Waals surface area contributed by atoms with Gasteiger partial charge in [0.1, 0.15) is 0 Å². The largest absolute Gasteiger partial charge is 0.478 e. The summed E-state index contributed by atoms with van der Waals surface area (Å²) in [7, 11) is 0. The van der Waals surface area contributed by atoms with E-state index in [-0.39, 0.29) is 17.0 Å². The number of carboxylic acid groups (broad SMARTS) is 1. The van der Waals surface area contributed by atoms with Crippen molar-refractivity contribution >= 4 is 75.6 Å². The maximum atomic E-state index is 12.7. The quantitative estimate of drug-likeness (QED) is 0.448. The minimum atomic E-state index is -1.17. The fourth-order valence-electron chi connectivity index (χ4n) is 1.96. The number of nitrogens with zero attached hydrogens (tertiary/aromatic N) is 1. The van der Waals surface area contributed by atoms with Gasteiger partial charge in [0.15, 0.2) is 0 Å². The van der Waals surface area contributed by atoms with Crippen LogP contribution in [0.3, 0.4) is 0 Å². The van der Waals surface area contributed by atoms with Crippen LogP contribution in [0.1, 0.15) is 20.7 Å². The van der Waals surface area contributed by atoms with Crippen molar-refractivity contribution in [1.82, 2.24) is 4.90 Å². The molecule has 1 saturated heterocycles. The second-order valence-electron chi connectivity index (χ2n) is 4.22. The lowest BCUT2D eigenvalue weighted by molar-refractivity contribution is 0.0299. The molecule has 0 bridgehead atoms. The van der Waals surface area contributed by atoms with Crippen molar-refractivity contribution in [2.45, 2.75) is 0 Å². The van der Waals surface area contributed by atoms with Gasteiger partial charge in [-0.25, -0.2) is 4.79 Å². The summed E-state index contributed by atoms with van der Waals surface area (Å²) in [4.78, 5) is 25.8. The topological polar surface area (TPSA) is 66.8 Å². The molecule has 2 rings (SSSR count). The Kier molecular flexibility index (Phi) is 5.86. The SMILES string of the molecule is O=C(O)c1c(Br)c(Br)c(Br)c(Br)c1C(=O)N1CCOCC1. The minimum absolute atomic E-state index is 0.0755. The number of aromatic carboxylic acids is 1. The Hall–Kier alpha value is 0.0400. The monoisotopic (exact) mass is 547 g/mol. The molecule has 0 atom stereocenters. The van der Waals surface area contributed by atoms with Crippen LogP contribution in [0.2, 0.25) is 0 Å². The van der Waals surface area contributed by atoms with Crippen LogP contribution < -0.4 is 0 Å². The third-order valence-electron chi connectivity index (χ3n) is 2.99. The van der Waals surface area contributed by atoms with E-state index in [0.29, 0.717) is 44.2 Å². The molecule has 0 spiro atoms. The Balaban J connectivity index is 2.61. The Morgan fingerprint density at radius 1 is 0.905 bits per heavy atom. The van der Waals surface area contributed by atoms with Gasteiger partial charge in [-0.3, -0.25) is 4.79 Å². The van der Waals surface area contributed by atoms with Gasteiger partial charge in [0.05, 0.1) is 24.3 Å². The number of rotatable bonds is 2. The fourth-order valence-corrected chi connectivity index (χ4v) is 4.42. The van der Waals surface area contributed by atoms with Crippen LogP contribution in [0, 0.1) is 0 Å². The average Bonchev–Trinajstić information content (AvgIpc) is 2.48. The molecule has 0 aromatic heterocycles. The molecule has 1 aromatic carbocycles. The second-order valence-corrected chi connectivity index (χ2v) is 7.39. The van der Waals surface area contributed by atoms with E-state index in [1.165, 1.54) is 0 Å². The zero-order chi connectivity index (χ0) is 15.7. The predicted octanol–water partition coefficient (Wildman–Crippen LogP) is 3.91. The van der Waals surface area contributed by atoms with E-state index in [0.717, 1.165) is 0 Å². The molecule has 1 aliphatic heterocycles. The van der Waals surface area contributed by atoms with Crippen molar-refractivity contribution in [2.24, 2.45) is 0 Å². The Morgan fingerprint density at radius 3 is 1.86 bits per heavy atom. The van der Waals surface area contributed by atoms with Gasteiger partial charge in [-0.1, -0.05) is 0 Å².